The van der Waals surface area contributed by atoms with Gasteiger partial charge in [-0.2, -0.15) is 0 Å². The number of hydrogen-bond acceptors (Lipinski definition) is 4. The third-order valence-electron chi connectivity index (χ3n) is 3.22. The Bertz CT molecular complexity index is 375. The fourth-order valence-electron chi connectivity index (χ4n) is 2.25. The number of rotatable bonds is 6. The molecule has 1 saturated heterocycles. The summed E-state index contributed by atoms with van der Waals surface area (Å²) in [6.07, 6.45) is 0. The SMILES string of the molecule is COCCNCC1CNNC1c1ccccc1I. The van der Waals surface area contributed by atoms with Gasteiger partial charge in [-0.25, -0.2) is 5.43 Å². The summed E-state index contributed by atoms with van der Waals surface area (Å²) in [6, 6.07) is 8.93. The standard InChI is InChI=1S/C13H20IN3O/c1-18-7-6-15-8-10-9-16-17-13(10)11-4-2-3-5-12(11)14/h2-5,10,13,15-17H,6-9H2,1H3. The van der Waals surface area contributed by atoms with Crippen LogP contribution in [0.2, 0.25) is 0 Å². The molecule has 0 saturated carbocycles. The molecule has 5 heteroatoms. The van der Waals surface area contributed by atoms with Crippen LogP contribution in [0.1, 0.15) is 11.6 Å². The van der Waals surface area contributed by atoms with E-state index in [9.17, 15) is 0 Å². The fourth-order valence-corrected chi connectivity index (χ4v) is 2.97. The molecule has 1 aromatic carbocycles. The van der Waals surface area contributed by atoms with Crippen LogP contribution in [0, 0.1) is 9.49 Å². The van der Waals surface area contributed by atoms with Crippen LogP contribution < -0.4 is 16.2 Å². The van der Waals surface area contributed by atoms with Gasteiger partial charge in [-0.1, -0.05) is 18.2 Å². The first-order valence-electron chi connectivity index (χ1n) is 6.25. The van der Waals surface area contributed by atoms with E-state index in [2.05, 4.69) is 63.0 Å². The van der Waals surface area contributed by atoms with E-state index in [-0.39, 0.29) is 0 Å². The van der Waals surface area contributed by atoms with E-state index in [0.29, 0.717) is 12.0 Å². The van der Waals surface area contributed by atoms with Gasteiger partial charge in [0.05, 0.1) is 12.6 Å². The van der Waals surface area contributed by atoms with E-state index < -0.39 is 0 Å². The lowest BCUT2D eigenvalue weighted by Gasteiger charge is -2.20. The van der Waals surface area contributed by atoms with E-state index in [1.54, 1.807) is 7.11 Å². The molecular weight excluding hydrogens is 341 g/mol. The van der Waals surface area contributed by atoms with E-state index >= 15 is 0 Å². The van der Waals surface area contributed by atoms with Gasteiger partial charge in [-0.3, -0.25) is 5.43 Å². The van der Waals surface area contributed by atoms with Gasteiger partial charge >= 0.3 is 0 Å². The molecule has 0 bridgehead atoms. The molecule has 2 atom stereocenters. The summed E-state index contributed by atoms with van der Waals surface area (Å²) < 4.78 is 6.36. The van der Waals surface area contributed by atoms with Crippen molar-refractivity contribution in [3.05, 3.63) is 33.4 Å². The molecule has 2 rings (SSSR count). The molecule has 0 spiro atoms. The second kappa shape index (κ2) is 7.40. The molecule has 0 radical (unpaired) electrons. The molecule has 100 valence electrons. The van der Waals surface area contributed by atoms with Gasteiger partial charge in [-0.05, 0) is 34.2 Å². The largest absolute Gasteiger partial charge is 0.383 e. The summed E-state index contributed by atoms with van der Waals surface area (Å²) in [5.74, 6) is 0.567. The van der Waals surface area contributed by atoms with Gasteiger partial charge < -0.3 is 10.1 Å². The lowest BCUT2D eigenvalue weighted by molar-refractivity contribution is 0.197. The molecule has 3 N–H and O–H groups in total. The topological polar surface area (TPSA) is 45.3 Å². The summed E-state index contributed by atoms with van der Waals surface area (Å²) >= 11 is 2.40. The Morgan fingerprint density at radius 1 is 1.44 bits per heavy atom. The minimum atomic E-state index is 0.383. The Hall–Kier alpha value is -0.210. The van der Waals surface area contributed by atoms with Crippen molar-refractivity contribution >= 4 is 22.6 Å². The van der Waals surface area contributed by atoms with Crippen LogP contribution in [0.4, 0.5) is 0 Å². The smallest absolute Gasteiger partial charge is 0.0587 e. The highest BCUT2D eigenvalue weighted by Crippen LogP contribution is 2.27. The van der Waals surface area contributed by atoms with Crippen molar-refractivity contribution in [3.8, 4) is 0 Å². The average molecular weight is 361 g/mol. The van der Waals surface area contributed by atoms with Crippen molar-refractivity contribution in [1.82, 2.24) is 16.2 Å². The Morgan fingerprint density at radius 2 is 2.28 bits per heavy atom. The van der Waals surface area contributed by atoms with Crippen molar-refractivity contribution in [2.24, 2.45) is 5.92 Å². The van der Waals surface area contributed by atoms with E-state index in [1.807, 2.05) is 0 Å². The Labute approximate surface area is 122 Å². The Morgan fingerprint density at radius 3 is 3.06 bits per heavy atom. The van der Waals surface area contributed by atoms with Crippen molar-refractivity contribution < 1.29 is 4.74 Å². The highest BCUT2D eigenvalue weighted by Gasteiger charge is 2.28. The van der Waals surface area contributed by atoms with Gasteiger partial charge in [-0.15, -0.1) is 0 Å². The molecule has 0 amide bonds. The van der Waals surface area contributed by atoms with E-state index in [4.69, 9.17) is 4.74 Å². The molecule has 0 aromatic heterocycles. The van der Waals surface area contributed by atoms with Crippen LogP contribution in [-0.4, -0.2) is 33.4 Å². The number of nitrogens with one attached hydrogen (secondary N) is 3. The van der Waals surface area contributed by atoms with Crippen LogP contribution in [-0.2, 0) is 4.74 Å². The van der Waals surface area contributed by atoms with Crippen LogP contribution in [0.25, 0.3) is 0 Å². The lowest BCUT2D eigenvalue weighted by Crippen LogP contribution is -2.30. The summed E-state index contributed by atoms with van der Waals surface area (Å²) in [7, 11) is 1.73. The van der Waals surface area contributed by atoms with Crippen LogP contribution in [0.15, 0.2) is 24.3 Å². The molecule has 1 heterocycles. The van der Waals surface area contributed by atoms with Gasteiger partial charge in [0.15, 0.2) is 0 Å². The first-order valence-corrected chi connectivity index (χ1v) is 7.33. The second-order valence-electron chi connectivity index (χ2n) is 4.48. The Kier molecular flexibility index (Phi) is 5.84. The summed E-state index contributed by atoms with van der Waals surface area (Å²) in [4.78, 5) is 0. The normalized spacial score (nSPS) is 23.4. The zero-order valence-electron chi connectivity index (χ0n) is 10.6. The highest BCUT2D eigenvalue weighted by atomic mass is 127. The minimum absolute atomic E-state index is 0.383. The molecule has 0 aliphatic carbocycles. The zero-order chi connectivity index (χ0) is 12.8. The predicted octanol–water partition coefficient (Wildman–Crippen LogP) is 1.29. The maximum absolute atomic E-state index is 5.04. The van der Waals surface area contributed by atoms with Crippen LogP contribution in [0.5, 0.6) is 0 Å². The summed E-state index contributed by atoms with van der Waals surface area (Å²) in [5.41, 5.74) is 8.02. The third kappa shape index (κ3) is 3.64. The van der Waals surface area contributed by atoms with Crippen LogP contribution >= 0.6 is 22.6 Å². The predicted molar refractivity (Wildman–Crippen MR) is 81.3 cm³/mol. The number of hydrazine groups is 1. The molecule has 18 heavy (non-hydrogen) atoms. The third-order valence-corrected chi connectivity index (χ3v) is 4.21. The Balaban J connectivity index is 1.93. The zero-order valence-corrected chi connectivity index (χ0v) is 12.7. The van der Waals surface area contributed by atoms with Gasteiger partial charge in [0.1, 0.15) is 0 Å². The van der Waals surface area contributed by atoms with E-state index in [1.165, 1.54) is 9.13 Å². The number of hydrogen-bond donors (Lipinski definition) is 3. The molecule has 1 fully saturated rings. The second-order valence-corrected chi connectivity index (χ2v) is 5.64. The van der Waals surface area contributed by atoms with Crippen molar-refractivity contribution in [2.45, 2.75) is 6.04 Å². The number of halogens is 1. The first-order chi connectivity index (χ1) is 8.83. The summed E-state index contributed by atoms with van der Waals surface area (Å²) in [6.45, 7) is 3.67. The summed E-state index contributed by atoms with van der Waals surface area (Å²) in [5, 5.41) is 3.44. The fraction of sp³-hybridized carbons (Fsp3) is 0.538. The molecule has 4 nitrogen and oxygen atoms in total. The van der Waals surface area contributed by atoms with Gasteiger partial charge in [0, 0.05) is 36.2 Å². The number of methoxy groups -OCH3 is 1. The molecular formula is C13H20IN3O. The van der Waals surface area contributed by atoms with Crippen molar-refractivity contribution in [2.75, 3.05) is 33.4 Å². The molecule has 1 aliphatic rings. The molecule has 1 aliphatic heterocycles. The van der Waals surface area contributed by atoms with Crippen molar-refractivity contribution in [1.29, 1.82) is 0 Å². The van der Waals surface area contributed by atoms with Crippen LogP contribution in [0.3, 0.4) is 0 Å². The maximum Gasteiger partial charge on any atom is 0.0587 e. The maximum atomic E-state index is 5.04. The monoisotopic (exact) mass is 361 g/mol. The molecule has 2 unspecified atom stereocenters. The van der Waals surface area contributed by atoms with Gasteiger partial charge in [0.2, 0.25) is 0 Å². The van der Waals surface area contributed by atoms with E-state index in [0.717, 1.165) is 26.2 Å². The lowest BCUT2D eigenvalue weighted by atomic mass is 9.95. The number of benzene rings is 1. The average Bonchev–Trinajstić information content (AvgIpc) is 2.83. The quantitative estimate of drug-likeness (QED) is 0.528. The van der Waals surface area contributed by atoms with Crippen molar-refractivity contribution in [3.63, 3.8) is 0 Å². The van der Waals surface area contributed by atoms with Gasteiger partial charge in [0.25, 0.3) is 0 Å². The molecule has 1 aromatic rings. The first kappa shape index (κ1) is 14.2. The minimum Gasteiger partial charge on any atom is -0.383 e. The number of ether oxygens (including phenoxy) is 1. The highest BCUT2D eigenvalue weighted by molar-refractivity contribution is 14.1.